The third-order valence-electron chi connectivity index (χ3n) is 7.59. The van der Waals surface area contributed by atoms with Crippen molar-refractivity contribution < 1.29 is 51.0 Å². The second-order valence-electron chi connectivity index (χ2n) is 9.36. The quantitative estimate of drug-likeness (QED) is 0.178. The van der Waals surface area contributed by atoms with Gasteiger partial charge in [-0.15, -0.1) is 12.8 Å². The summed E-state index contributed by atoms with van der Waals surface area (Å²) in [6.45, 7) is 0. The van der Waals surface area contributed by atoms with E-state index in [0.717, 1.165) is 12.8 Å². The standard InChI is InChI=1S/C34H28Si2.2ClH.Zr/c1-5-17-29(18-6-1)35(33-25-13-14-26-33,30-19-7-2-8-20-30)36(34-27-15-16-28-34,31-21-9-3-10-22-31)32-23-11-4-12-24-32;;;/h1-13,15,17-25,27H,14,16H2;2*1H;/q-2;;;+4/p-2. The zero-order valence-electron chi connectivity index (χ0n) is 21.5. The predicted octanol–water partition coefficient (Wildman–Crippen LogP) is -0.946. The van der Waals surface area contributed by atoms with Crippen LogP contribution in [0.15, 0.2) is 156 Å². The molecule has 0 N–H and O–H groups in total. The maximum absolute atomic E-state index is 3.90. The smallest absolute Gasteiger partial charge is 1.00 e. The van der Waals surface area contributed by atoms with E-state index < -0.39 is 15.2 Å². The van der Waals surface area contributed by atoms with E-state index in [1.165, 1.54) is 31.1 Å². The summed E-state index contributed by atoms with van der Waals surface area (Å²) >= 11 is 0. The summed E-state index contributed by atoms with van der Waals surface area (Å²) in [6, 6.07) is 45.4. The molecule has 6 rings (SSSR count). The van der Waals surface area contributed by atoms with E-state index in [4.69, 9.17) is 0 Å². The second-order valence-corrected chi connectivity index (χ2v) is 20.2. The Labute approximate surface area is 266 Å². The first-order valence-corrected chi connectivity index (χ1v) is 17.7. The van der Waals surface area contributed by atoms with Crippen LogP contribution in [0.1, 0.15) is 12.8 Å². The molecule has 0 saturated carbocycles. The van der Waals surface area contributed by atoms with Crippen molar-refractivity contribution in [3.05, 3.63) is 168 Å². The molecule has 190 valence electrons. The fraction of sp³-hybridized carbons (Fsp3) is 0.0588. The Hall–Kier alpha value is -2.26. The van der Waals surface area contributed by atoms with Gasteiger partial charge in [0.15, 0.2) is 0 Å². The van der Waals surface area contributed by atoms with Crippen molar-refractivity contribution in [1.29, 1.82) is 0 Å². The van der Waals surface area contributed by atoms with Crippen LogP contribution in [0.5, 0.6) is 0 Å². The molecule has 0 aliphatic heterocycles. The molecule has 0 unspecified atom stereocenters. The summed E-state index contributed by atoms with van der Waals surface area (Å²) in [7, 11) is -5.47. The van der Waals surface area contributed by atoms with Crippen molar-refractivity contribution in [1.82, 2.24) is 0 Å². The molecule has 39 heavy (non-hydrogen) atoms. The number of halogens is 2. The minimum absolute atomic E-state index is 0. The van der Waals surface area contributed by atoms with E-state index in [-0.39, 0.29) is 51.0 Å². The summed E-state index contributed by atoms with van der Waals surface area (Å²) in [5.41, 5.74) is 0. The van der Waals surface area contributed by atoms with Crippen LogP contribution in [0.2, 0.25) is 0 Å². The van der Waals surface area contributed by atoms with Gasteiger partial charge in [0.2, 0.25) is 0 Å². The molecule has 0 aromatic heterocycles. The molecule has 0 bridgehead atoms. The Morgan fingerprint density at radius 1 is 0.410 bits per heavy atom. The predicted molar refractivity (Wildman–Crippen MR) is 157 cm³/mol. The van der Waals surface area contributed by atoms with E-state index in [1.807, 2.05) is 0 Å². The SMILES string of the molecule is [C-]1=C([Si](c2ccccc2)(c2ccccc2)[Si](C2=[C-]CC=C2)(c2ccccc2)c2ccccc2)C=CC1.[Cl-].[Cl-].[Zr+4]. The van der Waals surface area contributed by atoms with Gasteiger partial charge in [0, 0.05) is 0 Å². The molecular formula is C34H28Cl2Si2Zr. The number of hydrogen-bond acceptors (Lipinski definition) is 0. The average molecular weight is 655 g/mol. The number of rotatable bonds is 7. The summed E-state index contributed by atoms with van der Waals surface area (Å²) in [5.74, 6) is 0. The van der Waals surface area contributed by atoms with E-state index in [0.29, 0.717) is 0 Å². The van der Waals surface area contributed by atoms with Gasteiger partial charge in [-0.3, -0.25) is 12.2 Å². The Morgan fingerprint density at radius 2 is 0.667 bits per heavy atom. The van der Waals surface area contributed by atoms with Gasteiger partial charge in [0.05, 0.1) is 0 Å². The molecule has 5 heteroatoms. The molecule has 0 heterocycles. The van der Waals surface area contributed by atoms with Crippen LogP contribution < -0.4 is 45.6 Å². The number of allylic oxidation sites excluding steroid dienone is 8. The molecule has 0 fully saturated rings. The molecule has 0 atom stereocenters. The summed E-state index contributed by atoms with van der Waals surface area (Å²) < 4.78 is 0. The Balaban J connectivity index is 0.00000140. The van der Waals surface area contributed by atoms with Crippen molar-refractivity contribution >= 4 is 35.9 Å². The van der Waals surface area contributed by atoms with Crippen LogP contribution >= 0.6 is 0 Å². The van der Waals surface area contributed by atoms with Crippen LogP contribution in [0.4, 0.5) is 0 Å². The normalized spacial score (nSPS) is 13.9. The van der Waals surface area contributed by atoms with Crippen molar-refractivity contribution in [2.24, 2.45) is 0 Å². The van der Waals surface area contributed by atoms with Crippen LogP contribution in [0.25, 0.3) is 0 Å². The molecular weight excluding hydrogens is 627 g/mol. The zero-order chi connectivity index (χ0) is 24.3. The Morgan fingerprint density at radius 3 is 0.872 bits per heavy atom. The van der Waals surface area contributed by atoms with Gasteiger partial charge in [-0.2, -0.15) is 12.2 Å². The summed E-state index contributed by atoms with van der Waals surface area (Å²) in [5, 5.41) is 8.57. The van der Waals surface area contributed by atoms with Gasteiger partial charge in [-0.1, -0.05) is 142 Å². The number of benzene rings is 4. The third kappa shape index (κ3) is 5.17. The molecule has 2 aliphatic carbocycles. The van der Waals surface area contributed by atoms with Crippen molar-refractivity contribution in [2.45, 2.75) is 12.8 Å². The molecule has 2 aliphatic rings. The van der Waals surface area contributed by atoms with Gasteiger partial charge in [0.1, 0.15) is 15.2 Å². The largest absolute Gasteiger partial charge is 4.00 e. The minimum atomic E-state index is -2.73. The molecule has 0 radical (unpaired) electrons. The molecule has 0 saturated heterocycles. The van der Waals surface area contributed by atoms with Crippen LogP contribution in [-0.4, -0.2) is 15.2 Å². The van der Waals surface area contributed by atoms with E-state index >= 15 is 0 Å². The second kappa shape index (κ2) is 13.9. The van der Waals surface area contributed by atoms with Gasteiger partial charge in [0.25, 0.3) is 0 Å². The van der Waals surface area contributed by atoms with E-state index in [2.05, 4.69) is 158 Å². The van der Waals surface area contributed by atoms with Crippen LogP contribution in [0, 0.1) is 12.2 Å². The van der Waals surface area contributed by atoms with Crippen molar-refractivity contribution in [2.75, 3.05) is 0 Å². The maximum atomic E-state index is 3.90. The molecule has 0 amide bonds. The Bertz CT molecular complexity index is 1270. The van der Waals surface area contributed by atoms with Gasteiger partial charge in [-0.05, 0) is 0 Å². The number of hydrogen-bond donors (Lipinski definition) is 0. The van der Waals surface area contributed by atoms with E-state index in [1.54, 1.807) is 0 Å². The first kappa shape index (κ1) is 31.3. The zero-order valence-corrected chi connectivity index (χ0v) is 27.5. The van der Waals surface area contributed by atoms with Crippen molar-refractivity contribution in [3.63, 3.8) is 0 Å². The molecule has 0 nitrogen and oxygen atoms in total. The monoisotopic (exact) mass is 652 g/mol. The summed E-state index contributed by atoms with van der Waals surface area (Å²) in [6.07, 6.45) is 18.9. The van der Waals surface area contributed by atoms with E-state index in [9.17, 15) is 0 Å². The molecule has 4 aromatic rings. The van der Waals surface area contributed by atoms with Crippen molar-refractivity contribution in [3.8, 4) is 0 Å². The average Bonchev–Trinajstić information content (AvgIpc) is 3.69. The maximum Gasteiger partial charge on any atom is 4.00 e. The topological polar surface area (TPSA) is 0 Å². The fourth-order valence-corrected chi connectivity index (χ4v) is 25.6. The van der Waals surface area contributed by atoms with Gasteiger partial charge < -0.3 is 24.8 Å². The van der Waals surface area contributed by atoms with Crippen LogP contribution in [0.3, 0.4) is 0 Å². The molecule has 4 aromatic carbocycles. The van der Waals surface area contributed by atoms with Gasteiger partial charge >= 0.3 is 26.2 Å². The summed E-state index contributed by atoms with van der Waals surface area (Å²) in [4.78, 5) is 0. The van der Waals surface area contributed by atoms with Gasteiger partial charge in [-0.25, -0.2) is 22.5 Å². The third-order valence-corrected chi connectivity index (χ3v) is 24.3. The molecule has 0 spiro atoms. The first-order chi connectivity index (χ1) is 17.9. The Kier molecular flexibility index (Phi) is 11.1. The minimum Gasteiger partial charge on any atom is -1.00 e. The fourth-order valence-electron chi connectivity index (χ4n) is 6.30. The van der Waals surface area contributed by atoms with Crippen LogP contribution in [-0.2, 0) is 26.2 Å². The first-order valence-electron chi connectivity index (χ1n) is 12.7.